The van der Waals surface area contributed by atoms with E-state index in [2.05, 4.69) is 15.0 Å². The summed E-state index contributed by atoms with van der Waals surface area (Å²) in [6.45, 7) is 0. The van der Waals surface area contributed by atoms with E-state index < -0.39 is 16.4 Å². The molecule has 0 saturated carbocycles. The molecule has 0 spiro atoms. The van der Waals surface area contributed by atoms with E-state index in [0.717, 1.165) is 12.5 Å². The first kappa shape index (κ1) is 11.3. The monoisotopic (exact) mass is 254 g/mol. The van der Waals surface area contributed by atoms with Crippen LogP contribution in [0, 0.1) is 15.9 Å². The molecule has 0 aliphatic rings. The van der Waals surface area contributed by atoms with Crippen molar-refractivity contribution in [3.63, 3.8) is 0 Å². The van der Waals surface area contributed by atoms with E-state index >= 15 is 0 Å². The van der Waals surface area contributed by atoms with Crippen LogP contribution in [-0.4, -0.2) is 19.9 Å². The van der Waals surface area contributed by atoms with Crippen LogP contribution in [0.1, 0.15) is 0 Å². The molecular weight excluding hydrogens is 251 g/mol. The summed E-state index contributed by atoms with van der Waals surface area (Å²) in [4.78, 5) is 20.8. The Balaban J connectivity index is 2.72. The Kier molecular flexibility index (Phi) is 2.92. The van der Waals surface area contributed by atoms with Gasteiger partial charge in [-0.2, -0.15) is 0 Å². The zero-order valence-electron chi connectivity index (χ0n) is 8.17. The van der Waals surface area contributed by atoms with Crippen LogP contribution in [0.2, 0.25) is 5.15 Å². The fourth-order valence-corrected chi connectivity index (χ4v) is 1.49. The van der Waals surface area contributed by atoms with E-state index in [0.29, 0.717) is 0 Å². The van der Waals surface area contributed by atoms with Gasteiger partial charge in [0.2, 0.25) is 5.15 Å². The van der Waals surface area contributed by atoms with Gasteiger partial charge in [-0.1, -0.05) is 11.6 Å². The molecule has 0 unspecified atom stereocenters. The van der Waals surface area contributed by atoms with E-state index in [9.17, 15) is 14.5 Å². The SMILES string of the molecule is O=[N+]([O-])c1c(Cl)ncnc1-c1ccncc1F. The maximum Gasteiger partial charge on any atom is 0.332 e. The Morgan fingerprint density at radius 1 is 1.41 bits per heavy atom. The number of rotatable bonds is 2. The summed E-state index contributed by atoms with van der Waals surface area (Å²) in [6.07, 6.45) is 3.28. The molecule has 0 N–H and O–H groups in total. The van der Waals surface area contributed by atoms with Gasteiger partial charge in [-0.3, -0.25) is 15.1 Å². The third kappa shape index (κ3) is 2.04. The molecule has 2 heterocycles. The topological polar surface area (TPSA) is 81.8 Å². The molecule has 2 aromatic rings. The molecule has 17 heavy (non-hydrogen) atoms. The zero-order chi connectivity index (χ0) is 12.4. The molecule has 6 nitrogen and oxygen atoms in total. The minimum atomic E-state index is -0.752. The van der Waals surface area contributed by atoms with Crippen LogP contribution in [0.3, 0.4) is 0 Å². The number of halogens is 2. The van der Waals surface area contributed by atoms with E-state index in [1.54, 1.807) is 0 Å². The van der Waals surface area contributed by atoms with Crippen molar-refractivity contribution < 1.29 is 9.31 Å². The fraction of sp³-hybridized carbons (Fsp3) is 0. The van der Waals surface area contributed by atoms with Gasteiger partial charge in [0.05, 0.1) is 11.1 Å². The Hall–Kier alpha value is -2.15. The van der Waals surface area contributed by atoms with Crippen molar-refractivity contribution >= 4 is 17.3 Å². The predicted molar refractivity (Wildman–Crippen MR) is 56.9 cm³/mol. The molecule has 0 aliphatic heterocycles. The number of hydrogen-bond acceptors (Lipinski definition) is 5. The number of nitrogens with zero attached hydrogens (tertiary/aromatic N) is 4. The molecule has 0 aromatic carbocycles. The number of hydrogen-bond donors (Lipinski definition) is 0. The minimum absolute atomic E-state index is 0.0454. The van der Waals surface area contributed by atoms with Crippen molar-refractivity contribution in [3.8, 4) is 11.3 Å². The molecule has 0 aliphatic carbocycles. The van der Waals surface area contributed by atoms with Gasteiger partial charge in [0.15, 0.2) is 11.5 Å². The maximum absolute atomic E-state index is 13.5. The molecule has 86 valence electrons. The lowest BCUT2D eigenvalue weighted by Crippen LogP contribution is -1.99. The summed E-state index contributed by atoms with van der Waals surface area (Å²) in [7, 11) is 0. The highest BCUT2D eigenvalue weighted by molar-refractivity contribution is 6.31. The van der Waals surface area contributed by atoms with Gasteiger partial charge in [0.1, 0.15) is 6.33 Å². The lowest BCUT2D eigenvalue weighted by Gasteiger charge is -2.03. The summed E-state index contributed by atoms with van der Waals surface area (Å²) >= 11 is 5.60. The van der Waals surface area contributed by atoms with Crippen LogP contribution < -0.4 is 0 Å². The normalized spacial score (nSPS) is 10.2. The summed E-state index contributed by atoms with van der Waals surface area (Å²) in [5, 5.41) is 10.5. The van der Waals surface area contributed by atoms with Crippen LogP contribution in [0.15, 0.2) is 24.8 Å². The van der Waals surface area contributed by atoms with Crippen molar-refractivity contribution in [1.82, 2.24) is 15.0 Å². The van der Waals surface area contributed by atoms with E-state index in [4.69, 9.17) is 11.6 Å². The minimum Gasteiger partial charge on any atom is -0.262 e. The molecule has 0 saturated heterocycles. The first-order valence-corrected chi connectivity index (χ1v) is 4.74. The van der Waals surface area contributed by atoms with Crippen molar-refractivity contribution in [2.24, 2.45) is 0 Å². The molecule has 0 bridgehead atoms. The molecule has 0 fully saturated rings. The van der Waals surface area contributed by atoms with Crippen molar-refractivity contribution in [3.05, 3.63) is 45.9 Å². The van der Waals surface area contributed by atoms with Crippen molar-refractivity contribution in [1.29, 1.82) is 0 Å². The van der Waals surface area contributed by atoms with Crippen LogP contribution >= 0.6 is 11.6 Å². The third-order valence-corrected chi connectivity index (χ3v) is 2.26. The summed E-state index contributed by atoms with van der Waals surface area (Å²) in [6, 6.07) is 1.28. The highest BCUT2D eigenvalue weighted by Gasteiger charge is 2.24. The Morgan fingerprint density at radius 3 is 2.82 bits per heavy atom. The van der Waals surface area contributed by atoms with E-state index in [1.165, 1.54) is 12.3 Å². The lowest BCUT2D eigenvalue weighted by molar-refractivity contribution is -0.384. The standard InChI is InChI=1S/C9H4ClFN4O2/c10-9-8(15(16)17)7(13-4-14-9)5-1-2-12-3-6(5)11/h1-4H. The number of pyridine rings is 1. The van der Waals surface area contributed by atoms with Crippen molar-refractivity contribution in [2.75, 3.05) is 0 Å². The lowest BCUT2D eigenvalue weighted by atomic mass is 10.1. The second-order valence-corrected chi connectivity index (χ2v) is 3.33. The average molecular weight is 255 g/mol. The second-order valence-electron chi connectivity index (χ2n) is 2.97. The zero-order valence-corrected chi connectivity index (χ0v) is 8.93. The van der Waals surface area contributed by atoms with Gasteiger partial charge in [-0.05, 0) is 6.07 Å². The van der Waals surface area contributed by atoms with Gasteiger partial charge in [-0.15, -0.1) is 0 Å². The first-order chi connectivity index (χ1) is 8.11. The molecule has 2 aromatic heterocycles. The van der Waals surface area contributed by atoms with Crippen LogP contribution in [0.25, 0.3) is 11.3 Å². The van der Waals surface area contributed by atoms with Gasteiger partial charge in [0.25, 0.3) is 0 Å². The van der Waals surface area contributed by atoms with Crippen molar-refractivity contribution in [2.45, 2.75) is 0 Å². The average Bonchev–Trinajstić information content (AvgIpc) is 2.28. The molecule has 8 heteroatoms. The fourth-order valence-electron chi connectivity index (χ4n) is 1.28. The predicted octanol–water partition coefficient (Wildman–Crippen LogP) is 2.24. The number of aromatic nitrogens is 3. The second kappa shape index (κ2) is 4.38. The molecular formula is C9H4ClFN4O2. The Labute approximate surface area is 99.3 Å². The molecule has 0 amide bonds. The molecule has 2 rings (SSSR count). The van der Waals surface area contributed by atoms with E-state index in [-0.39, 0.29) is 16.4 Å². The van der Waals surface area contributed by atoms with Gasteiger partial charge in [0, 0.05) is 11.8 Å². The molecule has 0 radical (unpaired) electrons. The van der Waals surface area contributed by atoms with E-state index in [1.807, 2.05) is 0 Å². The highest BCUT2D eigenvalue weighted by atomic mass is 35.5. The first-order valence-electron chi connectivity index (χ1n) is 4.36. The van der Waals surface area contributed by atoms with Crippen LogP contribution in [-0.2, 0) is 0 Å². The Morgan fingerprint density at radius 2 is 2.18 bits per heavy atom. The smallest absolute Gasteiger partial charge is 0.262 e. The van der Waals surface area contributed by atoms with Crippen LogP contribution in [0.5, 0.6) is 0 Å². The largest absolute Gasteiger partial charge is 0.332 e. The van der Waals surface area contributed by atoms with Gasteiger partial charge >= 0.3 is 5.69 Å². The summed E-state index contributed by atoms with van der Waals surface area (Å²) < 4.78 is 13.5. The molecule has 0 atom stereocenters. The summed E-state index contributed by atoms with van der Waals surface area (Å²) in [5.41, 5.74) is -0.745. The highest BCUT2D eigenvalue weighted by Crippen LogP contribution is 2.33. The maximum atomic E-state index is 13.5. The van der Waals surface area contributed by atoms with Crippen LogP contribution in [0.4, 0.5) is 10.1 Å². The Bertz CT molecular complexity index is 593. The van der Waals surface area contributed by atoms with Gasteiger partial charge in [-0.25, -0.2) is 14.4 Å². The third-order valence-electron chi connectivity index (χ3n) is 1.99. The number of nitro groups is 1. The summed E-state index contributed by atoms with van der Waals surface area (Å²) in [5.74, 6) is -0.717. The van der Waals surface area contributed by atoms with Gasteiger partial charge < -0.3 is 0 Å². The quantitative estimate of drug-likeness (QED) is 0.466.